The van der Waals surface area contributed by atoms with E-state index < -0.39 is 0 Å². The van der Waals surface area contributed by atoms with Crippen LogP contribution in [-0.4, -0.2) is 30.2 Å². The van der Waals surface area contributed by atoms with Crippen molar-refractivity contribution < 1.29 is 9.47 Å². The summed E-state index contributed by atoms with van der Waals surface area (Å²) in [5, 5.41) is 6.97. The number of hydrogen-bond acceptors (Lipinski definition) is 4. The quantitative estimate of drug-likeness (QED) is 0.576. The lowest BCUT2D eigenvalue weighted by atomic mass is 9.90. The van der Waals surface area contributed by atoms with Gasteiger partial charge in [0.05, 0.1) is 12.6 Å². The summed E-state index contributed by atoms with van der Waals surface area (Å²) in [5.41, 5.74) is 2.04. The highest BCUT2D eigenvalue weighted by molar-refractivity contribution is 5.80. The first kappa shape index (κ1) is 19.6. The average molecular weight is 395 g/mol. The van der Waals surface area contributed by atoms with Gasteiger partial charge >= 0.3 is 0 Å². The summed E-state index contributed by atoms with van der Waals surface area (Å²) in [6.07, 6.45) is 5.20. The van der Waals surface area contributed by atoms with Gasteiger partial charge in [-0.1, -0.05) is 18.2 Å². The molecule has 0 spiro atoms. The average Bonchev–Trinajstić information content (AvgIpc) is 3.53. The second-order valence-corrected chi connectivity index (χ2v) is 8.48. The number of rotatable bonds is 6. The molecule has 1 atom stereocenters. The molecule has 2 aliphatic rings. The van der Waals surface area contributed by atoms with Crippen LogP contribution in [0.3, 0.4) is 0 Å². The molecule has 1 aliphatic carbocycles. The number of aromatic nitrogens is 1. The highest BCUT2D eigenvalue weighted by atomic mass is 16.5. The van der Waals surface area contributed by atoms with Crippen molar-refractivity contribution in [3.63, 3.8) is 0 Å². The van der Waals surface area contributed by atoms with Crippen LogP contribution in [0.1, 0.15) is 50.3 Å². The number of guanidine groups is 1. The number of nitrogens with zero attached hydrogens (tertiary/aromatic N) is 2. The summed E-state index contributed by atoms with van der Waals surface area (Å²) in [5.74, 6) is 3.11. The molecular weight excluding hydrogens is 364 g/mol. The zero-order valence-electron chi connectivity index (χ0n) is 17.4. The van der Waals surface area contributed by atoms with Crippen molar-refractivity contribution in [1.29, 1.82) is 0 Å². The summed E-state index contributed by atoms with van der Waals surface area (Å²) < 4.78 is 11.9. The van der Waals surface area contributed by atoms with Crippen molar-refractivity contribution in [2.24, 2.45) is 10.9 Å². The Morgan fingerprint density at radius 3 is 2.90 bits per heavy atom. The number of nitrogens with one attached hydrogen (secondary N) is 2. The molecule has 2 aromatic rings. The van der Waals surface area contributed by atoms with Crippen molar-refractivity contribution in [1.82, 2.24) is 15.6 Å². The highest BCUT2D eigenvalue weighted by Gasteiger charge is 2.33. The molecule has 6 heteroatoms. The molecule has 1 aliphatic heterocycles. The van der Waals surface area contributed by atoms with E-state index in [1.165, 1.54) is 12.8 Å². The number of fused-ring (bicyclic) bond motifs is 1. The Morgan fingerprint density at radius 2 is 2.10 bits per heavy atom. The van der Waals surface area contributed by atoms with Crippen LogP contribution in [0.25, 0.3) is 0 Å². The first-order valence-electron chi connectivity index (χ1n) is 10.4. The monoisotopic (exact) mass is 394 g/mol. The summed E-state index contributed by atoms with van der Waals surface area (Å²) in [7, 11) is 1.79. The Hall–Kier alpha value is -2.76. The number of para-hydroxylation sites is 1. The smallest absolute Gasteiger partial charge is 0.213 e. The van der Waals surface area contributed by atoms with Gasteiger partial charge in [0.2, 0.25) is 5.88 Å². The number of aliphatic imine (C=N–C) groups is 1. The summed E-state index contributed by atoms with van der Waals surface area (Å²) in [6, 6.07) is 12.3. The predicted octanol–water partition coefficient (Wildman–Crippen LogP) is 3.84. The fourth-order valence-electron chi connectivity index (χ4n) is 3.60. The molecule has 0 bridgehead atoms. The molecule has 1 aromatic carbocycles. The molecule has 0 saturated heterocycles. The van der Waals surface area contributed by atoms with Crippen molar-refractivity contribution in [2.45, 2.75) is 51.3 Å². The Balaban J connectivity index is 1.38. The van der Waals surface area contributed by atoms with Crippen molar-refractivity contribution in [3.05, 3.63) is 53.7 Å². The summed E-state index contributed by atoms with van der Waals surface area (Å²) >= 11 is 0. The minimum Gasteiger partial charge on any atom is -0.487 e. The lowest BCUT2D eigenvalue weighted by Gasteiger charge is -2.38. The van der Waals surface area contributed by atoms with Gasteiger partial charge in [0, 0.05) is 37.8 Å². The molecule has 6 nitrogen and oxygen atoms in total. The molecular formula is C23H30N4O2. The SMILES string of the molecule is CN=C(NCc1ccnc(OCC2CC2)c1)NC1CC(C)(C)Oc2ccccc21. The van der Waals surface area contributed by atoms with E-state index in [2.05, 4.69) is 40.5 Å². The van der Waals surface area contributed by atoms with Crippen LogP contribution in [0.4, 0.5) is 0 Å². The maximum absolute atomic E-state index is 6.13. The van der Waals surface area contributed by atoms with Crippen LogP contribution in [0.5, 0.6) is 11.6 Å². The minimum atomic E-state index is -0.232. The third-order valence-electron chi connectivity index (χ3n) is 5.33. The number of benzene rings is 1. The van der Waals surface area contributed by atoms with Crippen molar-refractivity contribution >= 4 is 5.96 Å². The molecule has 29 heavy (non-hydrogen) atoms. The van der Waals surface area contributed by atoms with Gasteiger partial charge in [0.1, 0.15) is 11.4 Å². The van der Waals surface area contributed by atoms with Crippen LogP contribution in [0, 0.1) is 5.92 Å². The second-order valence-electron chi connectivity index (χ2n) is 8.48. The Labute approximate surface area is 172 Å². The number of pyridine rings is 1. The van der Waals surface area contributed by atoms with Crippen molar-refractivity contribution in [3.8, 4) is 11.6 Å². The zero-order valence-corrected chi connectivity index (χ0v) is 17.4. The van der Waals surface area contributed by atoms with Crippen LogP contribution in [0.2, 0.25) is 0 Å². The Kier molecular flexibility index (Phi) is 5.60. The Morgan fingerprint density at radius 1 is 1.28 bits per heavy atom. The lowest BCUT2D eigenvalue weighted by Crippen LogP contribution is -2.45. The van der Waals surface area contributed by atoms with Crippen LogP contribution >= 0.6 is 0 Å². The second kappa shape index (κ2) is 8.31. The molecule has 0 radical (unpaired) electrons. The van der Waals surface area contributed by atoms with Crippen molar-refractivity contribution in [2.75, 3.05) is 13.7 Å². The van der Waals surface area contributed by atoms with Crippen LogP contribution < -0.4 is 20.1 Å². The van der Waals surface area contributed by atoms with Crippen LogP contribution in [0.15, 0.2) is 47.6 Å². The van der Waals surface area contributed by atoms with E-state index in [1.54, 1.807) is 13.2 Å². The minimum absolute atomic E-state index is 0.135. The fourth-order valence-corrected chi connectivity index (χ4v) is 3.60. The van der Waals surface area contributed by atoms with Gasteiger partial charge in [-0.15, -0.1) is 0 Å². The third-order valence-corrected chi connectivity index (χ3v) is 5.33. The van der Waals surface area contributed by atoms with Crippen LogP contribution in [-0.2, 0) is 6.54 Å². The molecule has 1 aromatic heterocycles. The first-order chi connectivity index (χ1) is 14.0. The standard InChI is InChI=1S/C23H30N4O2/c1-23(2)13-19(18-6-4-5-7-20(18)29-23)27-22(24-3)26-14-17-10-11-25-21(12-17)28-15-16-8-9-16/h4-7,10-12,16,19H,8-9,13-15H2,1-3H3,(H2,24,26,27). The maximum Gasteiger partial charge on any atom is 0.213 e. The Bertz CT molecular complexity index is 877. The molecule has 1 saturated carbocycles. The zero-order chi connectivity index (χ0) is 20.3. The molecule has 2 heterocycles. The highest BCUT2D eigenvalue weighted by Crippen LogP contribution is 2.39. The molecule has 1 fully saturated rings. The topological polar surface area (TPSA) is 67.8 Å². The van der Waals surface area contributed by atoms with Gasteiger partial charge < -0.3 is 20.1 Å². The van der Waals surface area contributed by atoms with E-state index in [4.69, 9.17) is 9.47 Å². The summed E-state index contributed by atoms with van der Waals surface area (Å²) in [4.78, 5) is 8.73. The van der Waals surface area contributed by atoms with E-state index >= 15 is 0 Å². The predicted molar refractivity (Wildman–Crippen MR) is 114 cm³/mol. The normalized spacial score (nSPS) is 20.4. The fraction of sp³-hybridized carbons (Fsp3) is 0.478. The number of hydrogen-bond donors (Lipinski definition) is 2. The van der Waals surface area contributed by atoms with Gasteiger partial charge in [-0.25, -0.2) is 4.98 Å². The molecule has 1 unspecified atom stereocenters. The van der Waals surface area contributed by atoms with E-state index in [0.717, 1.165) is 35.9 Å². The molecule has 4 rings (SSSR count). The number of ether oxygens (including phenoxy) is 2. The molecule has 154 valence electrons. The maximum atomic E-state index is 6.13. The molecule has 0 amide bonds. The van der Waals surface area contributed by atoms with E-state index in [1.807, 2.05) is 30.3 Å². The first-order valence-corrected chi connectivity index (χ1v) is 10.4. The third kappa shape index (κ3) is 5.19. The largest absolute Gasteiger partial charge is 0.487 e. The van der Waals surface area contributed by atoms with E-state index in [0.29, 0.717) is 18.3 Å². The van der Waals surface area contributed by atoms with E-state index in [-0.39, 0.29) is 11.6 Å². The summed E-state index contributed by atoms with van der Waals surface area (Å²) in [6.45, 7) is 5.66. The van der Waals surface area contributed by atoms with Gasteiger partial charge in [-0.3, -0.25) is 4.99 Å². The van der Waals surface area contributed by atoms with Gasteiger partial charge in [-0.05, 0) is 50.3 Å². The molecule has 2 N–H and O–H groups in total. The lowest BCUT2D eigenvalue weighted by molar-refractivity contribution is 0.0694. The van der Waals surface area contributed by atoms with Gasteiger partial charge in [0.25, 0.3) is 0 Å². The van der Waals surface area contributed by atoms with E-state index in [9.17, 15) is 0 Å². The van der Waals surface area contributed by atoms with Gasteiger partial charge in [0.15, 0.2) is 5.96 Å². The van der Waals surface area contributed by atoms with Gasteiger partial charge in [-0.2, -0.15) is 0 Å².